The Balaban J connectivity index is 1.83. The summed E-state index contributed by atoms with van der Waals surface area (Å²) < 4.78 is 16.3. The van der Waals surface area contributed by atoms with E-state index in [1.54, 1.807) is 31.4 Å². The maximum absolute atomic E-state index is 12.4. The van der Waals surface area contributed by atoms with Gasteiger partial charge >= 0.3 is 11.9 Å². The summed E-state index contributed by atoms with van der Waals surface area (Å²) in [5.41, 5.74) is 0.482. The second-order valence-corrected chi connectivity index (χ2v) is 6.40. The molecule has 2 saturated heterocycles. The summed E-state index contributed by atoms with van der Waals surface area (Å²) in [6, 6.07) is 8.91. The van der Waals surface area contributed by atoms with Crippen LogP contribution in [0.1, 0.15) is 23.2 Å². The molecular weight excluding hydrogens is 310 g/mol. The van der Waals surface area contributed by atoms with Crippen molar-refractivity contribution >= 4 is 11.9 Å². The fourth-order valence-corrected chi connectivity index (χ4v) is 4.02. The summed E-state index contributed by atoms with van der Waals surface area (Å²) in [7, 11) is 5.03. The largest absolute Gasteiger partial charge is 0.469 e. The predicted molar refractivity (Wildman–Crippen MR) is 86.5 cm³/mol. The first kappa shape index (κ1) is 16.9. The van der Waals surface area contributed by atoms with E-state index in [1.807, 2.05) is 13.1 Å². The molecule has 6 heteroatoms. The van der Waals surface area contributed by atoms with Crippen molar-refractivity contribution in [3.05, 3.63) is 35.9 Å². The first-order valence-electron chi connectivity index (χ1n) is 8.15. The third-order valence-electron chi connectivity index (χ3n) is 5.28. The van der Waals surface area contributed by atoms with Gasteiger partial charge in [-0.2, -0.15) is 0 Å². The molecule has 0 amide bonds. The van der Waals surface area contributed by atoms with Crippen molar-refractivity contribution in [3.63, 3.8) is 0 Å². The minimum absolute atomic E-state index is 0.0348. The number of hydrogen-bond donors (Lipinski definition) is 0. The van der Waals surface area contributed by atoms with Crippen LogP contribution < -0.4 is 0 Å². The maximum Gasteiger partial charge on any atom is 0.338 e. The van der Waals surface area contributed by atoms with Crippen LogP contribution in [0.4, 0.5) is 0 Å². The number of nitrogens with zero attached hydrogens (tertiary/aromatic N) is 1. The summed E-state index contributed by atoms with van der Waals surface area (Å²) in [5, 5.41) is 0. The maximum atomic E-state index is 12.4. The Bertz CT molecular complexity index is 605. The Morgan fingerprint density at radius 2 is 1.71 bits per heavy atom. The van der Waals surface area contributed by atoms with Crippen LogP contribution in [0.15, 0.2) is 30.3 Å². The SMILES string of the molecule is COC(=O)[C@H]1C2C[C@H](OC)[C@H](C[C@@H]1OC(=O)c1ccccc1)N2C. The molecule has 0 N–H and O–H groups in total. The lowest BCUT2D eigenvalue weighted by Gasteiger charge is -2.40. The van der Waals surface area contributed by atoms with Crippen LogP contribution in [0.3, 0.4) is 0 Å². The fourth-order valence-electron chi connectivity index (χ4n) is 4.02. The molecule has 5 atom stereocenters. The van der Waals surface area contributed by atoms with Crippen molar-refractivity contribution in [3.8, 4) is 0 Å². The summed E-state index contributed by atoms with van der Waals surface area (Å²) in [4.78, 5) is 26.9. The summed E-state index contributed by atoms with van der Waals surface area (Å²) in [6.07, 6.45) is 0.824. The van der Waals surface area contributed by atoms with Gasteiger partial charge in [0.15, 0.2) is 0 Å². The number of methoxy groups -OCH3 is 2. The highest BCUT2D eigenvalue weighted by Gasteiger charge is 2.55. The molecule has 0 saturated carbocycles. The van der Waals surface area contributed by atoms with E-state index in [9.17, 15) is 9.59 Å². The number of carbonyl (C=O) groups is 2. The molecule has 0 radical (unpaired) electrons. The average Bonchev–Trinajstić information content (AvgIpc) is 2.81. The second kappa shape index (κ2) is 6.91. The van der Waals surface area contributed by atoms with E-state index in [2.05, 4.69) is 4.90 Å². The molecular formula is C18H23NO5. The smallest absolute Gasteiger partial charge is 0.338 e. The van der Waals surface area contributed by atoms with Crippen molar-refractivity contribution < 1.29 is 23.8 Å². The minimum atomic E-state index is -0.503. The number of esters is 2. The molecule has 2 aliphatic rings. The van der Waals surface area contributed by atoms with Crippen LogP contribution in [0, 0.1) is 5.92 Å². The van der Waals surface area contributed by atoms with Gasteiger partial charge in [0.05, 0.1) is 18.8 Å². The monoisotopic (exact) mass is 333 g/mol. The molecule has 2 aliphatic heterocycles. The minimum Gasteiger partial charge on any atom is -0.469 e. The summed E-state index contributed by atoms with van der Waals surface area (Å²) >= 11 is 0. The third kappa shape index (κ3) is 2.91. The standard InChI is InChI=1S/C18H23NO5/c1-19-12-9-15(24-17(20)11-7-5-4-6-8-11)16(18(21)23-3)13(19)10-14(12)22-2/h4-8,12-16H,9-10H2,1-3H3/t12-,13?,14-,15-,16-/m0/s1. The highest BCUT2D eigenvalue weighted by atomic mass is 16.6. The zero-order valence-electron chi connectivity index (χ0n) is 14.2. The van der Waals surface area contributed by atoms with Crippen LogP contribution in [0.2, 0.25) is 0 Å². The number of carbonyl (C=O) groups excluding carboxylic acids is 2. The van der Waals surface area contributed by atoms with Gasteiger partial charge in [-0.05, 0) is 25.6 Å². The Kier molecular flexibility index (Phi) is 4.87. The van der Waals surface area contributed by atoms with E-state index in [0.29, 0.717) is 12.0 Å². The molecule has 2 fully saturated rings. The van der Waals surface area contributed by atoms with E-state index < -0.39 is 18.0 Å². The average molecular weight is 333 g/mol. The molecule has 2 bridgehead atoms. The third-order valence-corrected chi connectivity index (χ3v) is 5.28. The molecule has 2 heterocycles. The molecule has 130 valence electrons. The van der Waals surface area contributed by atoms with Gasteiger partial charge in [-0.15, -0.1) is 0 Å². The van der Waals surface area contributed by atoms with Gasteiger partial charge in [-0.3, -0.25) is 9.69 Å². The molecule has 0 aliphatic carbocycles. The molecule has 24 heavy (non-hydrogen) atoms. The summed E-state index contributed by atoms with van der Waals surface area (Å²) in [5.74, 6) is -1.25. The molecule has 1 aromatic carbocycles. The number of ether oxygens (including phenoxy) is 3. The Morgan fingerprint density at radius 3 is 2.33 bits per heavy atom. The molecule has 3 rings (SSSR count). The predicted octanol–water partition coefficient (Wildman–Crippen LogP) is 1.49. The van der Waals surface area contributed by atoms with E-state index in [1.165, 1.54) is 7.11 Å². The molecule has 1 unspecified atom stereocenters. The fraction of sp³-hybridized carbons (Fsp3) is 0.556. The van der Waals surface area contributed by atoms with Crippen molar-refractivity contribution in [1.29, 1.82) is 0 Å². The number of likely N-dealkylation sites (N-methyl/N-ethyl adjacent to an activating group) is 1. The lowest BCUT2D eigenvalue weighted by atomic mass is 9.87. The number of rotatable bonds is 4. The van der Waals surface area contributed by atoms with Crippen LogP contribution in [0.5, 0.6) is 0 Å². The molecule has 0 spiro atoms. The Morgan fingerprint density at radius 1 is 1.04 bits per heavy atom. The number of fused-ring (bicyclic) bond motifs is 2. The number of benzene rings is 1. The highest BCUT2D eigenvalue weighted by Crippen LogP contribution is 2.41. The van der Waals surface area contributed by atoms with Crippen LogP contribution in [-0.2, 0) is 19.0 Å². The second-order valence-electron chi connectivity index (χ2n) is 6.40. The van der Waals surface area contributed by atoms with E-state index in [0.717, 1.165) is 6.42 Å². The zero-order chi connectivity index (χ0) is 17.3. The number of piperidine rings is 1. The topological polar surface area (TPSA) is 65.1 Å². The Labute approximate surface area is 141 Å². The van der Waals surface area contributed by atoms with Crippen LogP contribution in [-0.4, -0.2) is 62.4 Å². The van der Waals surface area contributed by atoms with Gasteiger partial charge in [-0.1, -0.05) is 18.2 Å². The van der Waals surface area contributed by atoms with Gasteiger partial charge in [0, 0.05) is 25.6 Å². The van der Waals surface area contributed by atoms with E-state index >= 15 is 0 Å². The lowest BCUT2D eigenvalue weighted by Crippen LogP contribution is -2.54. The van der Waals surface area contributed by atoms with Gasteiger partial charge in [-0.25, -0.2) is 4.79 Å². The van der Waals surface area contributed by atoms with E-state index in [4.69, 9.17) is 14.2 Å². The van der Waals surface area contributed by atoms with Crippen molar-refractivity contribution in [1.82, 2.24) is 4.90 Å². The van der Waals surface area contributed by atoms with Crippen molar-refractivity contribution in [2.45, 2.75) is 37.1 Å². The van der Waals surface area contributed by atoms with Gasteiger partial charge in [0.2, 0.25) is 0 Å². The van der Waals surface area contributed by atoms with Crippen LogP contribution >= 0.6 is 0 Å². The van der Waals surface area contributed by atoms with Crippen molar-refractivity contribution in [2.24, 2.45) is 5.92 Å². The van der Waals surface area contributed by atoms with Gasteiger partial charge < -0.3 is 14.2 Å². The zero-order valence-corrected chi connectivity index (χ0v) is 14.2. The normalized spacial score (nSPS) is 32.4. The lowest BCUT2D eigenvalue weighted by molar-refractivity contribution is -0.156. The quantitative estimate of drug-likeness (QED) is 0.778. The molecule has 0 aromatic heterocycles. The van der Waals surface area contributed by atoms with Gasteiger partial charge in [0.25, 0.3) is 0 Å². The van der Waals surface area contributed by atoms with E-state index in [-0.39, 0.29) is 24.2 Å². The van der Waals surface area contributed by atoms with Crippen LogP contribution in [0.25, 0.3) is 0 Å². The van der Waals surface area contributed by atoms with Crippen molar-refractivity contribution in [2.75, 3.05) is 21.3 Å². The molecule has 6 nitrogen and oxygen atoms in total. The summed E-state index contributed by atoms with van der Waals surface area (Å²) in [6.45, 7) is 0. The highest BCUT2D eigenvalue weighted by molar-refractivity contribution is 5.89. The van der Waals surface area contributed by atoms with Gasteiger partial charge in [0.1, 0.15) is 12.0 Å². The molecule has 1 aromatic rings. The first-order valence-corrected chi connectivity index (χ1v) is 8.15. The first-order chi connectivity index (χ1) is 11.6. The number of hydrogen-bond acceptors (Lipinski definition) is 6. The Hall–Kier alpha value is -1.92.